The summed E-state index contributed by atoms with van der Waals surface area (Å²) in [6.07, 6.45) is 3.15. The summed E-state index contributed by atoms with van der Waals surface area (Å²) in [4.78, 5) is 7.41. The summed E-state index contributed by atoms with van der Waals surface area (Å²) in [6, 6.07) is 17.5. The highest BCUT2D eigenvalue weighted by atomic mass is 32.2. The van der Waals surface area contributed by atoms with Crippen molar-refractivity contribution in [1.82, 2.24) is 14.2 Å². The molecule has 2 aromatic carbocycles. The molecule has 0 bridgehead atoms. The van der Waals surface area contributed by atoms with Crippen LogP contribution in [0.1, 0.15) is 24.1 Å². The summed E-state index contributed by atoms with van der Waals surface area (Å²) < 4.78 is 32.2. The van der Waals surface area contributed by atoms with Crippen LogP contribution in [0.25, 0.3) is 10.9 Å². The van der Waals surface area contributed by atoms with Crippen LogP contribution in [0, 0.1) is 12.8 Å². The van der Waals surface area contributed by atoms with Crippen molar-refractivity contribution in [2.24, 2.45) is 5.92 Å². The van der Waals surface area contributed by atoms with Gasteiger partial charge >= 0.3 is 0 Å². The van der Waals surface area contributed by atoms with Crippen molar-refractivity contribution in [3.8, 4) is 5.75 Å². The van der Waals surface area contributed by atoms with Crippen molar-refractivity contribution in [3.05, 3.63) is 65.9 Å². The number of ether oxygens (including phenoxy) is 1. The molecule has 0 saturated carbocycles. The molecule has 1 aromatic heterocycles. The van der Waals surface area contributed by atoms with Gasteiger partial charge in [-0.1, -0.05) is 18.2 Å². The molecule has 0 unspecified atom stereocenters. The Balaban J connectivity index is 1.26. The number of pyridine rings is 1. The van der Waals surface area contributed by atoms with E-state index in [1.165, 1.54) is 4.31 Å². The third kappa shape index (κ3) is 5.72. The molecule has 2 heterocycles. The molecular formula is C26H33N3O3S. The van der Waals surface area contributed by atoms with Gasteiger partial charge in [0, 0.05) is 31.7 Å². The van der Waals surface area contributed by atoms with Crippen LogP contribution in [-0.2, 0) is 16.4 Å². The number of sulfonamides is 1. The summed E-state index contributed by atoms with van der Waals surface area (Å²) in [6.45, 7) is 5.64. The van der Waals surface area contributed by atoms with Crippen molar-refractivity contribution < 1.29 is 13.2 Å². The van der Waals surface area contributed by atoms with E-state index in [1.807, 2.05) is 49.4 Å². The smallest absolute Gasteiger partial charge is 0.242 e. The summed E-state index contributed by atoms with van der Waals surface area (Å²) in [5, 5.41) is 1.06. The standard InChI is InChI=1S/C26H33N3O3S/c1-20-10-11-24-25(27-20)8-5-9-26(24)32-17-16-29-14-12-21(13-15-29)18-22-6-4-7-23(19-22)33(30,31)28(2)3/h4-11,19,21H,12-18H2,1-3H3. The number of likely N-dealkylation sites (tertiary alicyclic amines) is 1. The van der Waals surface area contributed by atoms with E-state index in [2.05, 4.69) is 16.0 Å². The van der Waals surface area contributed by atoms with Crippen LogP contribution in [-0.4, -0.2) is 62.9 Å². The molecule has 176 valence electrons. The van der Waals surface area contributed by atoms with Gasteiger partial charge in [-0.2, -0.15) is 0 Å². The highest BCUT2D eigenvalue weighted by molar-refractivity contribution is 7.89. The number of piperidine rings is 1. The Labute approximate surface area is 197 Å². The normalized spacial score (nSPS) is 15.9. The summed E-state index contributed by atoms with van der Waals surface area (Å²) in [5.41, 5.74) is 3.07. The van der Waals surface area contributed by atoms with E-state index in [4.69, 9.17) is 4.74 Å². The molecular weight excluding hydrogens is 434 g/mol. The van der Waals surface area contributed by atoms with E-state index >= 15 is 0 Å². The van der Waals surface area contributed by atoms with E-state index in [1.54, 1.807) is 20.2 Å². The van der Waals surface area contributed by atoms with E-state index in [0.717, 1.165) is 66.8 Å². The number of aryl methyl sites for hydroxylation is 1. The molecule has 1 aliphatic heterocycles. The van der Waals surface area contributed by atoms with Gasteiger partial charge in [-0.05, 0) is 87.2 Å². The molecule has 0 radical (unpaired) electrons. The van der Waals surface area contributed by atoms with Crippen LogP contribution < -0.4 is 4.74 Å². The Kier molecular flexibility index (Phi) is 7.32. The zero-order valence-corrected chi connectivity index (χ0v) is 20.5. The molecule has 0 N–H and O–H groups in total. The second-order valence-electron chi connectivity index (χ2n) is 9.05. The fourth-order valence-corrected chi connectivity index (χ4v) is 5.40. The van der Waals surface area contributed by atoms with E-state index < -0.39 is 10.0 Å². The zero-order chi connectivity index (χ0) is 23.4. The average molecular weight is 468 g/mol. The van der Waals surface area contributed by atoms with Gasteiger partial charge in [0.05, 0.1) is 10.4 Å². The molecule has 1 aliphatic rings. The van der Waals surface area contributed by atoms with Crippen molar-refractivity contribution in [1.29, 1.82) is 0 Å². The number of fused-ring (bicyclic) bond motifs is 1. The molecule has 7 heteroatoms. The summed E-state index contributed by atoms with van der Waals surface area (Å²) >= 11 is 0. The number of rotatable bonds is 8. The van der Waals surface area contributed by atoms with Crippen molar-refractivity contribution >= 4 is 20.9 Å². The minimum Gasteiger partial charge on any atom is -0.492 e. The lowest BCUT2D eigenvalue weighted by Gasteiger charge is -2.32. The molecule has 1 saturated heterocycles. The highest BCUT2D eigenvalue weighted by Gasteiger charge is 2.21. The molecule has 0 atom stereocenters. The van der Waals surface area contributed by atoms with Crippen LogP contribution in [0.5, 0.6) is 5.75 Å². The molecule has 0 amide bonds. The third-order valence-corrected chi connectivity index (χ3v) is 8.22. The monoisotopic (exact) mass is 467 g/mol. The van der Waals surface area contributed by atoms with E-state index in [-0.39, 0.29) is 0 Å². The van der Waals surface area contributed by atoms with Gasteiger partial charge in [0.25, 0.3) is 0 Å². The van der Waals surface area contributed by atoms with Crippen molar-refractivity contribution in [2.45, 2.75) is 31.1 Å². The van der Waals surface area contributed by atoms with Gasteiger partial charge < -0.3 is 4.74 Å². The average Bonchev–Trinajstić information content (AvgIpc) is 2.80. The first-order chi connectivity index (χ1) is 15.8. The lowest BCUT2D eigenvalue weighted by molar-refractivity contribution is 0.155. The Hall–Kier alpha value is -2.48. The molecule has 0 spiro atoms. The summed E-state index contributed by atoms with van der Waals surface area (Å²) in [5.74, 6) is 1.47. The number of hydrogen-bond acceptors (Lipinski definition) is 5. The Morgan fingerprint density at radius 2 is 1.82 bits per heavy atom. The Bertz CT molecular complexity index is 1200. The molecule has 4 rings (SSSR count). The Morgan fingerprint density at radius 1 is 1.06 bits per heavy atom. The minimum absolute atomic E-state index is 0.374. The predicted octanol–water partition coefficient (Wildman–Crippen LogP) is 4.13. The number of hydrogen-bond donors (Lipinski definition) is 0. The van der Waals surface area contributed by atoms with Gasteiger partial charge in [-0.3, -0.25) is 9.88 Å². The lowest BCUT2D eigenvalue weighted by Crippen LogP contribution is -2.37. The second-order valence-corrected chi connectivity index (χ2v) is 11.2. The first-order valence-corrected chi connectivity index (χ1v) is 13.0. The third-order valence-electron chi connectivity index (χ3n) is 6.40. The highest BCUT2D eigenvalue weighted by Crippen LogP contribution is 2.26. The maximum Gasteiger partial charge on any atom is 0.242 e. The van der Waals surface area contributed by atoms with Crippen LogP contribution in [0.3, 0.4) is 0 Å². The van der Waals surface area contributed by atoms with Gasteiger partial charge in [-0.25, -0.2) is 12.7 Å². The van der Waals surface area contributed by atoms with Crippen LogP contribution in [0.4, 0.5) is 0 Å². The predicted molar refractivity (Wildman–Crippen MR) is 132 cm³/mol. The molecule has 33 heavy (non-hydrogen) atoms. The van der Waals surface area contributed by atoms with Crippen LogP contribution >= 0.6 is 0 Å². The fraction of sp³-hybridized carbons (Fsp3) is 0.423. The van der Waals surface area contributed by atoms with E-state index in [9.17, 15) is 8.42 Å². The minimum atomic E-state index is -3.39. The molecule has 3 aromatic rings. The molecule has 6 nitrogen and oxygen atoms in total. The SMILES string of the molecule is Cc1ccc2c(OCCN3CCC(Cc4cccc(S(=O)(=O)N(C)C)c4)CC3)cccc2n1. The Morgan fingerprint density at radius 3 is 2.58 bits per heavy atom. The van der Waals surface area contributed by atoms with E-state index in [0.29, 0.717) is 17.4 Å². The van der Waals surface area contributed by atoms with Crippen molar-refractivity contribution in [2.75, 3.05) is 40.3 Å². The maximum atomic E-state index is 12.4. The second kappa shape index (κ2) is 10.2. The lowest BCUT2D eigenvalue weighted by atomic mass is 9.90. The summed E-state index contributed by atoms with van der Waals surface area (Å²) in [7, 11) is -0.253. The first-order valence-electron chi connectivity index (χ1n) is 11.6. The van der Waals surface area contributed by atoms with Crippen LogP contribution in [0.15, 0.2) is 59.5 Å². The van der Waals surface area contributed by atoms with Gasteiger partial charge in [0.15, 0.2) is 0 Å². The molecule has 0 aliphatic carbocycles. The topological polar surface area (TPSA) is 62.7 Å². The van der Waals surface area contributed by atoms with Gasteiger partial charge in [0.1, 0.15) is 12.4 Å². The van der Waals surface area contributed by atoms with Crippen molar-refractivity contribution in [3.63, 3.8) is 0 Å². The van der Waals surface area contributed by atoms with Crippen LogP contribution in [0.2, 0.25) is 0 Å². The number of aromatic nitrogens is 1. The fourth-order valence-electron chi connectivity index (χ4n) is 4.43. The first kappa shape index (κ1) is 23.7. The number of nitrogens with zero attached hydrogens (tertiary/aromatic N) is 3. The quantitative estimate of drug-likeness (QED) is 0.499. The largest absolute Gasteiger partial charge is 0.492 e. The van der Waals surface area contributed by atoms with Gasteiger partial charge in [-0.15, -0.1) is 0 Å². The zero-order valence-electron chi connectivity index (χ0n) is 19.7. The molecule has 1 fully saturated rings. The maximum absolute atomic E-state index is 12.4. The number of benzene rings is 2. The van der Waals surface area contributed by atoms with Gasteiger partial charge in [0.2, 0.25) is 10.0 Å².